The van der Waals surface area contributed by atoms with Crippen molar-refractivity contribution in [1.82, 2.24) is 0 Å². The van der Waals surface area contributed by atoms with Crippen molar-refractivity contribution in [3.05, 3.63) is 228 Å². The molecular weight excluding hydrogens is 682 g/mol. The second-order valence-corrected chi connectivity index (χ2v) is 16.4. The zero-order chi connectivity index (χ0) is 65.2. The van der Waals surface area contributed by atoms with Crippen molar-refractivity contribution in [3.63, 3.8) is 0 Å². The Morgan fingerprint density at radius 1 is 0.302 bits per heavy atom. The van der Waals surface area contributed by atoms with E-state index in [4.69, 9.17) is 32.9 Å². The van der Waals surface area contributed by atoms with Crippen LogP contribution in [0.1, 0.15) is 68.9 Å². The van der Waals surface area contributed by atoms with Crippen LogP contribution < -0.4 is 31.8 Å². The van der Waals surface area contributed by atoms with Crippen molar-refractivity contribution < 1.29 is 55.7 Å². The minimum absolute atomic E-state index is 0.912. The van der Waals surface area contributed by atoms with Crippen molar-refractivity contribution >= 4 is 46.1 Å². The summed E-state index contributed by atoms with van der Waals surface area (Å²) in [7, 11) is -12.7. The lowest BCUT2D eigenvalue weighted by Gasteiger charge is -2.32. The van der Waals surface area contributed by atoms with Gasteiger partial charge in [0, 0.05) is 31.8 Å². The Bertz CT molecular complexity index is 4210. The van der Waals surface area contributed by atoms with Crippen molar-refractivity contribution in [2.75, 3.05) is 0 Å². The molecule has 0 heterocycles. The molecule has 0 radical (unpaired) electrons. The molecule has 4 heteroatoms. The number of benzene rings is 8. The fraction of sp³-hybridized carbons (Fsp3) is 0.0204. The molecule has 0 fully saturated rings. The normalized spacial score (nSPS) is 22.6. The summed E-state index contributed by atoms with van der Waals surface area (Å²) in [6.07, 6.45) is 0. The van der Waals surface area contributed by atoms with Crippen LogP contribution >= 0.6 is 14.3 Å². The molecule has 2 aliphatic carbocycles. The quantitative estimate of drug-likeness (QED) is 0.159. The van der Waals surface area contributed by atoms with Crippen LogP contribution in [0.2, 0.25) is 0 Å². The molecular formula is C49H34O2P2. The maximum Gasteiger partial charge on any atom is 0.171 e. The fourth-order valence-electron chi connectivity index (χ4n) is 6.63. The van der Waals surface area contributed by atoms with Gasteiger partial charge in [0.1, 0.15) is 0 Å². The highest BCUT2D eigenvalue weighted by Gasteiger charge is 2.52. The fourth-order valence-corrected chi connectivity index (χ4v) is 10.6. The Hall–Kier alpha value is -5.78. The molecule has 252 valence electrons. The average Bonchev–Trinajstić information content (AvgIpc) is 1.49. The highest BCUT2D eigenvalue weighted by Crippen LogP contribution is 2.63. The molecule has 2 nitrogen and oxygen atoms in total. The number of hydrogen-bond acceptors (Lipinski definition) is 2. The number of rotatable bonds is 6. The van der Waals surface area contributed by atoms with Crippen LogP contribution in [0.3, 0.4) is 0 Å². The second kappa shape index (κ2) is 12.1. The van der Waals surface area contributed by atoms with Crippen LogP contribution in [-0.2, 0) is 14.5 Å². The van der Waals surface area contributed by atoms with Crippen molar-refractivity contribution in [1.29, 1.82) is 0 Å². The first-order valence-electron chi connectivity index (χ1n) is 32.2. The number of fused-ring (bicyclic) bond motifs is 10. The third-order valence-electron chi connectivity index (χ3n) is 8.81. The van der Waals surface area contributed by atoms with E-state index in [1.807, 2.05) is 0 Å². The molecule has 53 heavy (non-hydrogen) atoms. The highest BCUT2D eigenvalue weighted by atomic mass is 31.2. The van der Waals surface area contributed by atoms with E-state index < -0.39 is 301 Å². The Balaban J connectivity index is 1.60. The SMILES string of the molecule is [2H]c1c([2H])c([2H])c(P(=O)(c2c([2H])c([2H])c([2H])c([2H])c2[2H])c2c([2H])c([2H])c3c(c2[2H])C2(c4c([2H])c([2H])c([2H])c([2H])c4-c4c([2H])c([2H])c([2H])c([2H])c42)c2c([2H])c(P(=O)(c4c([2H])c([2H])c([2H])c([2H])c4[2H])c4c([2H])c([2H])c([2H])c([2H])c4[2H])c([2H])c([2H])c2-3)c([2H])c1[2H]. The third kappa shape index (κ3) is 4.47. The highest BCUT2D eigenvalue weighted by molar-refractivity contribution is 7.85. The Kier molecular flexibility index (Phi) is 2.84. The largest absolute Gasteiger partial charge is 0.309 e. The van der Waals surface area contributed by atoms with Crippen LogP contribution in [0, 0.1) is 0 Å². The second-order valence-electron chi connectivity index (χ2n) is 11.3. The van der Waals surface area contributed by atoms with E-state index in [-0.39, 0.29) is 0 Å². The van der Waals surface area contributed by atoms with Gasteiger partial charge in [0.25, 0.3) is 0 Å². The van der Waals surface area contributed by atoms with Gasteiger partial charge in [-0.3, -0.25) is 0 Å². The molecule has 0 saturated heterocycles. The van der Waals surface area contributed by atoms with Crippen molar-refractivity contribution in [2.45, 2.75) is 5.41 Å². The summed E-state index contributed by atoms with van der Waals surface area (Å²) in [4.78, 5) is 0. The van der Waals surface area contributed by atoms with E-state index in [1.165, 1.54) is 0 Å². The molecule has 0 aromatic heterocycles. The van der Waals surface area contributed by atoms with Gasteiger partial charge in [0.15, 0.2) is 14.3 Å². The molecule has 0 N–H and O–H groups in total. The maximum atomic E-state index is 17.3. The summed E-state index contributed by atoms with van der Waals surface area (Å²) in [5.74, 6) is 0. The van der Waals surface area contributed by atoms with Crippen LogP contribution in [0.5, 0.6) is 0 Å². The van der Waals surface area contributed by atoms with Crippen LogP contribution in [-0.4, -0.2) is 0 Å². The van der Waals surface area contributed by atoms with Gasteiger partial charge < -0.3 is 9.13 Å². The first-order chi connectivity index (χ1) is 40.2. The molecule has 8 aromatic carbocycles. The molecule has 0 bridgehead atoms. The van der Waals surface area contributed by atoms with E-state index in [2.05, 4.69) is 0 Å². The molecule has 0 unspecified atom stereocenters. The molecule has 1 spiro atoms. The van der Waals surface area contributed by atoms with Crippen LogP contribution in [0.25, 0.3) is 22.3 Å². The molecule has 0 atom stereocenters. The Morgan fingerprint density at radius 2 is 0.585 bits per heavy atom. The zero-order valence-electron chi connectivity index (χ0n) is 60.2. The summed E-state index contributed by atoms with van der Waals surface area (Å²) in [5, 5.41) is -9.04. The first-order valence-corrected chi connectivity index (χ1v) is 18.6. The van der Waals surface area contributed by atoms with Gasteiger partial charge >= 0.3 is 0 Å². The van der Waals surface area contributed by atoms with E-state index in [9.17, 15) is 13.7 Å². The van der Waals surface area contributed by atoms with Crippen molar-refractivity contribution in [2.24, 2.45) is 0 Å². The summed E-state index contributed by atoms with van der Waals surface area (Å²) in [6.45, 7) is 0. The molecule has 10 rings (SSSR count). The summed E-state index contributed by atoms with van der Waals surface area (Å²) >= 11 is 0. The van der Waals surface area contributed by atoms with Gasteiger partial charge in [-0.05, 0) is 56.6 Å². The van der Waals surface area contributed by atoms with Gasteiger partial charge in [-0.25, -0.2) is 0 Å². The summed E-state index contributed by atoms with van der Waals surface area (Å²) in [6, 6.07) is -45.5. The van der Waals surface area contributed by atoms with E-state index >= 15 is 9.13 Å². The maximum absolute atomic E-state index is 17.3. The Labute approximate surface area is 358 Å². The molecule has 0 aliphatic heterocycles. The van der Waals surface area contributed by atoms with E-state index in [0.29, 0.717) is 0 Å². The van der Waals surface area contributed by atoms with Gasteiger partial charge in [-0.2, -0.15) is 0 Å². The lowest BCUT2D eigenvalue weighted by molar-refractivity contribution is 0.591. The number of hydrogen-bond donors (Lipinski definition) is 0. The minimum atomic E-state index is -6.36. The van der Waals surface area contributed by atoms with Gasteiger partial charge in [0.05, 0.1) is 52.0 Å². The summed E-state index contributed by atoms with van der Waals surface area (Å²) in [5.41, 5.74) is -12.2. The first kappa shape index (κ1) is 12.4. The predicted molar refractivity (Wildman–Crippen MR) is 222 cm³/mol. The topological polar surface area (TPSA) is 34.1 Å². The van der Waals surface area contributed by atoms with Gasteiger partial charge in [-0.15, -0.1) is 0 Å². The van der Waals surface area contributed by atoms with E-state index in [0.717, 1.165) is 0 Å². The van der Waals surface area contributed by atoms with Crippen LogP contribution in [0.4, 0.5) is 0 Å². The monoisotopic (exact) mass is 750 g/mol. The third-order valence-corrected chi connectivity index (χ3v) is 13.9. The zero-order valence-corrected chi connectivity index (χ0v) is 28.0. The minimum Gasteiger partial charge on any atom is -0.309 e. The molecule has 0 amide bonds. The van der Waals surface area contributed by atoms with Crippen molar-refractivity contribution in [3.8, 4) is 22.3 Å². The van der Waals surface area contributed by atoms with Crippen LogP contribution in [0.15, 0.2) is 205 Å². The standard InChI is InChI=1S/C49H34O2P2/c50-52(35-17-5-1-6-18-35,36-19-7-2-8-20-36)39-29-31-43-44-32-30-40(53(51,37-21-9-3-10-22-37)38-23-11-4-12-24-38)34-48(44)49(47(43)33-39)45-27-15-13-25-41(45)42-26-14-16-28-46(42)49/h1-34H/i1D,2D,3D,4D,5D,6D,7D,8D,9D,10D,11D,12D,13D,14D,15D,16D,17D,18D,19D,20D,21D,22D,23D,24D,25D,26D,27D,28D,29D,30D,31D,32D,33D,34D. The molecule has 8 aromatic rings. The molecule has 0 saturated carbocycles. The molecule has 2 aliphatic rings. The predicted octanol–water partition coefficient (Wildman–Crippen LogP) is 9.31. The lowest BCUT2D eigenvalue weighted by Crippen LogP contribution is -2.31. The summed E-state index contributed by atoms with van der Waals surface area (Å²) < 4.78 is 346. The lowest BCUT2D eigenvalue weighted by atomic mass is 9.70. The van der Waals surface area contributed by atoms with E-state index in [1.54, 1.807) is 0 Å². The van der Waals surface area contributed by atoms with Gasteiger partial charge in [0.2, 0.25) is 0 Å². The average molecular weight is 751 g/mol. The van der Waals surface area contributed by atoms with Gasteiger partial charge in [-0.1, -0.05) is 193 Å². The smallest absolute Gasteiger partial charge is 0.171 e. The Morgan fingerprint density at radius 3 is 0.925 bits per heavy atom.